The van der Waals surface area contributed by atoms with Crippen LogP contribution in [0.1, 0.15) is 47.1 Å². The van der Waals surface area contributed by atoms with E-state index in [0.717, 1.165) is 0 Å². The first-order valence-corrected chi connectivity index (χ1v) is 14.5. The molecule has 0 aliphatic carbocycles. The number of fused-ring (bicyclic) bond motifs is 3. The molecule has 0 bridgehead atoms. The number of hydrogen-bond donors (Lipinski definition) is 0. The Labute approximate surface area is 285 Å². The lowest BCUT2D eigenvalue weighted by Gasteiger charge is -2.19. The van der Waals surface area contributed by atoms with Gasteiger partial charge in [0.15, 0.2) is 0 Å². The van der Waals surface area contributed by atoms with Gasteiger partial charge in [-0.25, -0.2) is 0 Å². The van der Waals surface area contributed by atoms with Crippen molar-refractivity contribution in [2.24, 2.45) is 0 Å². The van der Waals surface area contributed by atoms with Crippen LogP contribution in [0.25, 0.3) is 77.0 Å². The summed E-state index contributed by atoms with van der Waals surface area (Å²) < 4.78 is 145. The van der Waals surface area contributed by atoms with Gasteiger partial charge in [-0.1, -0.05) is 142 Å². The Morgan fingerprint density at radius 1 is 0.467 bits per heavy atom. The van der Waals surface area contributed by atoms with Crippen LogP contribution < -0.4 is 0 Å². The number of rotatable bonds is 4. The molecule has 1 nitrogen and oxygen atoms in total. The van der Waals surface area contributed by atoms with E-state index >= 15 is 0 Å². The van der Waals surface area contributed by atoms with E-state index < -0.39 is 89.5 Å². The van der Waals surface area contributed by atoms with Gasteiger partial charge in [-0.05, 0) is 96.3 Å². The van der Waals surface area contributed by atoms with E-state index in [-0.39, 0.29) is 78.2 Å². The van der Waals surface area contributed by atoms with E-state index in [2.05, 4.69) is 0 Å². The molecule has 1 heterocycles. The van der Waals surface area contributed by atoms with Crippen LogP contribution in [0.15, 0.2) is 156 Å². The molecule has 1 heteroatoms. The summed E-state index contributed by atoms with van der Waals surface area (Å²) in [5, 5.41) is -1.65. The number of furan rings is 1. The second-order valence-electron chi connectivity index (χ2n) is 11.7. The SMILES string of the molecule is [2H]c1c(-c2ccccc2)c([2H])c(-c2c3c([2H])c([2H])c([2H])c([2H])c3c(-c3c([2H])c([2H])c4c([2H])c(C(C)(C)C)oc4c3[2H])c3c([2H])c([2H])c([2H])c([2H])c23)c([2H])c1-c1ccccc1. The zero-order chi connectivity index (χ0) is 43.6. The van der Waals surface area contributed by atoms with Gasteiger partial charge in [-0.2, -0.15) is 0 Å². The van der Waals surface area contributed by atoms with Crippen molar-refractivity contribution in [2.45, 2.75) is 26.2 Å². The van der Waals surface area contributed by atoms with Crippen LogP contribution in [-0.2, 0) is 5.41 Å². The molecule has 0 spiro atoms. The van der Waals surface area contributed by atoms with Crippen molar-refractivity contribution in [1.29, 1.82) is 0 Å². The average molecular weight is 594 g/mol. The van der Waals surface area contributed by atoms with Crippen molar-refractivity contribution in [3.8, 4) is 44.5 Å². The average Bonchev–Trinajstić information content (AvgIpc) is 3.58. The third kappa shape index (κ3) is 4.82. The minimum Gasteiger partial charge on any atom is -0.460 e. The Balaban J connectivity index is 1.73. The topological polar surface area (TPSA) is 13.1 Å². The van der Waals surface area contributed by atoms with Gasteiger partial charge in [0.25, 0.3) is 0 Å². The van der Waals surface area contributed by atoms with Gasteiger partial charge in [0.05, 0.1) is 20.6 Å². The molecule has 0 unspecified atom stereocenters. The Hall–Kier alpha value is -5.40. The molecule has 0 fully saturated rings. The predicted octanol–water partition coefficient (Wildman–Crippen LogP) is 12.7. The van der Waals surface area contributed by atoms with Gasteiger partial charge in [-0.15, -0.1) is 0 Å². The molecule has 0 amide bonds. The largest absolute Gasteiger partial charge is 0.460 e. The van der Waals surface area contributed by atoms with E-state index in [1.165, 1.54) is 0 Å². The molecule has 0 N–H and O–H groups in total. The molecule has 45 heavy (non-hydrogen) atoms. The number of hydrogen-bond acceptors (Lipinski definition) is 1. The van der Waals surface area contributed by atoms with Crippen LogP contribution in [0.5, 0.6) is 0 Å². The van der Waals surface area contributed by atoms with E-state index in [4.69, 9.17) is 12.6 Å². The molecule has 0 aliphatic heterocycles. The van der Waals surface area contributed by atoms with E-state index in [9.17, 15) is 12.3 Å². The lowest BCUT2D eigenvalue weighted by molar-refractivity contribution is 0.430. The van der Waals surface area contributed by atoms with Gasteiger partial charge >= 0.3 is 0 Å². The zero-order valence-electron chi connectivity index (χ0n) is 39.7. The summed E-state index contributed by atoms with van der Waals surface area (Å²) in [6.07, 6.45) is 0. The summed E-state index contributed by atoms with van der Waals surface area (Å²) in [6, 6.07) is 8.25. The smallest absolute Gasteiger partial charge is 0.134 e. The normalized spacial score (nSPS) is 16.6. The summed E-state index contributed by atoms with van der Waals surface area (Å²) in [7, 11) is 0. The van der Waals surface area contributed by atoms with E-state index in [0.29, 0.717) is 11.1 Å². The third-order valence-electron chi connectivity index (χ3n) is 7.65. The van der Waals surface area contributed by atoms with Crippen molar-refractivity contribution in [3.05, 3.63) is 157 Å². The van der Waals surface area contributed by atoms with E-state index in [1.807, 2.05) is 0 Å². The predicted molar refractivity (Wildman–Crippen MR) is 192 cm³/mol. The number of benzene rings is 7. The summed E-state index contributed by atoms with van der Waals surface area (Å²) in [5.41, 5.74) is -1.51. The molecule has 0 saturated carbocycles. The van der Waals surface area contributed by atoms with Gasteiger partial charge in [-0.3, -0.25) is 0 Å². The molecule has 7 aromatic carbocycles. The first-order chi connectivity index (χ1) is 28.2. The molecular formula is C44H34O. The Kier molecular flexibility index (Phi) is 3.68. The minimum absolute atomic E-state index is 0.0531. The van der Waals surface area contributed by atoms with Crippen LogP contribution in [0, 0.1) is 0 Å². The van der Waals surface area contributed by atoms with Crippen molar-refractivity contribution in [1.82, 2.24) is 0 Å². The molecule has 1 aromatic heterocycles. The Morgan fingerprint density at radius 3 is 1.42 bits per heavy atom. The van der Waals surface area contributed by atoms with Crippen molar-refractivity contribution in [2.75, 3.05) is 0 Å². The van der Waals surface area contributed by atoms with Crippen LogP contribution in [0.3, 0.4) is 0 Å². The Bertz CT molecular complexity index is 3020. The summed E-state index contributed by atoms with van der Waals surface area (Å²) in [4.78, 5) is 0. The molecule has 8 rings (SSSR count). The van der Waals surface area contributed by atoms with Crippen LogP contribution in [0.2, 0.25) is 0 Å². The van der Waals surface area contributed by atoms with Gasteiger partial charge < -0.3 is 4.42 Å². The highest BCUT2D eigenvalue weighted by atomic mass is 16.3. The standard InChI is InChI=1S/C44H34O/c1-44(2,3)41-28-31-22-23-32(27-40(31)45-41)42-36-18-10-12-20-38(36)43(39-21-13-11-19-37(39)42)35-25-33(29-14-6-4-7-15-29)24-34(26-35)30-16-8-5-9-17-30/h4-28H,1-3H3/i10D,11D,12D,13D,18D,19D,20D,21D,22D,23D,24D,25D,26D,27D,28D. The zero-order valence-corrected chi connectivity index (χ0v) is 24.7. The summed E-state index contributed by atoms with van der Waals surface area (Å²) in [6.45, 7) is 5.31. The van der Waals surface area contributed by atoms with Gasteiger partial charge in [0.1, 0.15) is 11.3 Å². The maximum Gasteiger partial charge on any atom is 0.134 e. The minimum atomic E-state index is -0.773. The van der Waals surface area contributed by atoms with Crippen molar-refractivity contribution < 1.29 is 25.0 Å². The fourth-order valence-electron chi connectivity index (χ4n) is 5.48. The highest BCUT2D eigenvalue weighted by molar-refractivity contribution is 6.22. The van der Waals surface area contributed by atoms with Crippen LogP contribution in [-0.4, -0.2) is 0 Å². The second kappa shape index (κ2) is 10.6. The summed E-state index contributed by atoms with van der Waals surface area (Å²) >= 11 is 0. The van der Waals surface area contributed by atoms with Gasteiger partial charge in [0, 0.05) is 10.8 Å². The monoisotopic (exact) mass is 593 g/mol. The van der Waals surface area contributed by atoms with Crippen LogP contribution >= 0.6 is 0 Å². The molecule has 0 aliphatic rings. The molecule has 0 radical (unpaired) electrons. The fourth-order valence-corrected chi connectivity index (χ4v) is 5.48. The third-order valence-corrected chi connectivity index (χ3v) is 7.65. The molecule has 8 aromatic rings. The highest BCUT2D eigenvalue weighted by Crippen LogP contribution is 2.46. The van der Waals surface area contributed by atoms with E-state index in [1.54, 1.807) is 81.4 Å². The van der Waals surface area contributed by atoms with Crippen molar-refractivity contribution >= 4 is 32.5 Å². The Morgan fingerprint density at radius 2 is 0.933 bits per heavy atom. The van der Waals surface area contributed by atoms with Crippen molar-refractivity contribution in [3.63, 3.8) is 0 Å². The first kappa shape index (κ1) is 15.5. The maximum atomic E-state index is 9.79. The highest BCUT2D eigenvalue weighted by Gasteiger charge is 2.21. The maximum absolute atomic E-state index is 9.79. The molecular weight excluding hydrogens is 544 g/mol. The quantitative estimate of drug-likeness (QED) is 0.185. The molecule has 0 saturated heterocycles. The lowest BCUT2D eigenvalue weighted by atomic mass is 9.84. The first-order valence-electron chi connectivity index (χ1n) is 22.0. The summed E-state index contributed by atoms with van der Waals surface area (Å²) in [5.74, 6) is 0.122. The molecule has 0 atom stereocenters. The second-order valence-corrected chi connectivity index (χ2v) is 11.7. The van der Waals surface area contributed by atoms with Gasteiger partial charge in [0.2, 0.25) is 0 Å². The molecule has 216 valence electrons. The van der Waals surface area contributed by atoms with Crippen LogP contribution in [0.4, 0.5) is 0 Å². The fraction of sp³-hybridized carbons (Fsp3) is 0.0909. The lowest BCUT2D eigenvalue weighted by Crippen LogP contribution is -2.08.